The van der Waals surface area contributed by atoms with Crippen LogP contribution in [0.5, 0.6) is 0 Å². The molecule has 1 aromatic heterocycles. The second-order valence-corrected chi connectivity index (χ2v) is 4.07. The molecule has 0 atom stereocenters. The smallest absolute Gasteiger partial charge is 0.234 e. The summed E-state index contributed by atoms with van der Waals surface area (Å²) in [6.07, 6.45) is 1.94. The standard InChI is InChI=1S/C12H16ClN3O2/c1-16(9-10-4-2-3-6-14-10)12(18)5-7-15-11(17)8-13/h2-4,6H,5,7-9H2,1H3,(H,15,17). The number of nitrogens with zero attached hydrogens (tertiary/aromatic N) is 2. The van der Waals surface area contributed by atoms with Crippen LogP contribution in [0.3, 0.4) is 0 Å². The van der Waals surface area contributed by atoms with E-state index in [4.69, 9.17) is 11.6 Å². The predicted octanol–water partition coefficient (Wildman–Crippen LogP) is 0.785. The number of alkyl halides is 1. The van der Waals surface area contributed by atoms with E-state index < -0.39 is 0 Å². The van der Waals surface area contributed by atoms with Crippen LogP contribution >= 0.6 is 11.6 Å². The molecule has 0 saturated heterocycles. The van der Waals surface area contributed by atoms with E-state index in [0.29, 0.717) is 13.1 Å². The van der Waals surface area contributed by atoms with E-state index in [9.17, 15) is 9.59 Å². The van der Waals surface area contributed by atoms with Crippen molar-refractivity contribution < 1.29 is 9.59 Å². The summed E-state index contributed by atoms with van der Waals surface area (Å²) in [7, 11) is 1.71. The lowest BCUT2D eigenvalue weighted by molar-refractivity contribution is -0.130. The van der Waals surface area contributed by atoms with Crippen LogP contribution in [0.1, 0.15) is 12.1 Å². The summed E-state index contributed by atoms with van der Waals surface area (Å²) in [6, 6.07) is 5.56. The quantitative estimate of drug-likeness (QED) is 0.777. The van der Waals surface area contributed by atoms with Crippen molar-refractivity contribution >= 4 is 23.4 Å². The minimum Gasteiger partial charge on any atom is -0.355 e. The van der Waals surface area contributed by atoms with Gasteiger partial charge in [-0.25, -0.2) is 0 Å². The van der Waals surface area contributed by atoms with Gasteiger partial charge in [0.1, 0.15) is 5.88 Å². The molecule has 18 heavy (non-hydrogen) atoms. The summed E-state index contributed by atoms with van der Waals surface area (Å²) in [5, 5.41) is 2.55. The summed E-state index contributed by atoms with van der Waals surface area (Å²) in [6.45, 7) is 0.764. The van der Waals surface area contributed by atoms with Gasteiger partial charge in [0.25, 0.3) is 0 Å². The van der Waals surface area contributed by atoms with Crippen molar-refractivity contribution in [1.29, 1.82) is 0 Å². The summed E-state index contributed by atoms with van der Waals surface area (Å²) in [5.74, 6) is -0.398. The number of amides is 2. The lowest BCUT2D eigenvalue weighted by Gasteiger charge is -2.16. The largest absolute Gasteiger partial charge is 0.355 e. The van der Waals surface area contributed by atoms with Gasteiger partial charge in [0.2, 0.25) is 11.8 Å². The van der Waals surface area contributed by atoms with Gasteiger partial charge in [-0.15, -0.1) is 11.6 Å². The van der Waals surface area contributed by atoms with E-state index in [-0.39, 0.29) is 24.1 Å². The van der Waals surface area contributed by atoms with Crippen molar-refractivity contribution in [3.05, 3.63) is 30.1 Å². The van der Waals surface area contributed by atoms with Gasteiger partial charge in [-0.05, 0) is 12.1 Å². The van der Waals surface area contributed by atoms with Crippen molar-refractivity contribution in [2.24, 2.45) is 0 Å². The normalized spacial score (nSPS) is 9.89. The molecule has 5 nitrogen and oxygen atoms in total. The third-order valence-corrected chi connectivity index (χ3v) is 2.58. The molecule has 0 spiro atoms. The molecule has 0 radical (unpaired) electrons. The lowest BCUT2D eigenvalue weighted by atomic mass is 10.3. The minimum absolute atomic E-state index is 0.0458. The second kappa shape index (κ2) is 7.66. The average Bonchev–Trinajstić information content (AvgIpc) is 2.39. The molecule has 1 heterocycles. The molecule has 98 valence electrons. The van der Waals surface area contributed by atoms with E-state index >= 15 is 0 Å². The SMILES string of the molecule is CN(Cc1ccccn1)C(=O)CCNC(=O)CCl. The molecule has 0 unspecified atom stereocenters. The highest BCUT2D eigenvalue weighted by Gasteiger charge is 2.09. The highest BCUT2D eigenvalue weighted by Crippen LogP contribution is 2.00. The van der Waals surface area contributed by atoms with E-state index in [1.165, 1.54) is 0 Å². The fraction of sp³-hybridized carbons (Fsp3) is 0.417. The van der Waals surface area contributed by atoms with Crippen LogP contribution in [0.2, 0.25) is 0 Å². The topological polar surface area (TPSA) is 62.3 Å². The van der Waals surface area contributed by atoms with Gasteiger partial charge >= 0.3 is 0 Å². The van der Waals surface area contributed by atoms with Crippen LogP contribution in [0.4, 0.5) is 0 Å². The van der Waals surface area contributed by atoms with Crippen molar-refractivity contribution in [2.45, 2.75) is 13.0 Å². The summed E-state index contributed by atoms with van der Waals surface area (Å²) in [5.41, 5.74) is 0.832. The molecule has 1 N–H and O–H groups in total. The summed E-state index contributed by atoms with van der Waals surface area (Å²) < 4.78 is 0. The average molecular weight is 270 g/mol. The Hall–Kier alpha value is -1.62. The van der Waals surface area contributed by atoms with Gasteiger partial charge in [0.05, 0.1) is 12.2 Å². The summed E-state index contributed by atoms with van der Waals surface area (Å²) >= 11 is 5.32. The highest BCUT2D eigenvalue weighted by atomic mass is 35.5. The molecular formula is C12H16ClN3O2. The van der Waals surface area contributed by atoms with E-state index in [1.54, 1.807) is 18.1 Å². The van der Waals surface area contributed by atoms with Gasteiger partial charge in [-0.2, -0.15) is 0 Å². The van der Waals surface area contributed by atoms with Gasteiger partial charge < -0.3 is 10.2 Å². The third kappa shape index (κ3) is 5.14. The molecule has 2 amide bonds. The van der Waals surface area contributed by atoms with E-state index in [2.05, 4.69) is 10.3 Å². The Labute approximate surface area is 111 Å². The van der Waals surface area contributed by atoms with Crippen LogP contribution in [0.15, 0.2) is 24.4 Å². The number of hydrogen-bond donors (Lipinski definition) is 1. The molecule has 0 fully saturated rings. The fourth-order valence-corrected chi connectivity index (χ4v) is 1.46. The van der Waals surface area contributed by atoms with Crippen LogP contribution in [-0.2, 0) is 16.1 Å². The van der Waals surface area contributed by atoms with Crippen LogP contribution in [0, 0.1) is 0 Å². The Morgan fingerprint density at radius 1 is 1.44 bits per heavy atom. The van der Waals surface area contributed by atoms with Crippen LogP contribution in [0.25, 0.3) is 0 Å². The number of carbonyl (C=O) groups excluding carboxylic acids is 2. The second-order valence-electron chi connectivity index (χ2n) is 3.80. The molecule has 0 aliphatic heterocycles. The molecule has 1 aromatic rings. The maximum atomic E-state index is 11.7. The number of nitrogens with one attached hydrogen (secondary N) is 1. The molecule has 0 saturated carbocycles. The Kier molecular flexibility index (Phi) is 6.14. The Morgan fingerprint density at radius 2 is 2.22 bits per heavy atom. The van der Waals surface area contributed by atoms with Crippen molar-refractivity contribution in [3.63, 3.8) is 0 Å². The molecule has 6 heteroatoms. The number of pyridine rings is 1. The van der Waals surface area contributed by atoms with Gasteiger partial charge in [-0.1, -0.05) is 6.07 Å². The number of carbonyl (C=O) groups is 2. The minimum atomic E-state index is -0.267. The van der Waals surface area contributed by atoms with Crippen molar-refractivity contribution in [2.75, 3.05) is 19.5 Å². The highest BCUT2D eigenvalue weighted by molar-refractivity contribution is 6.27. The zero-order valence-electron chi connectivity index (χ0n) is 10.2. The summed E-state index contributed by atoms with van der Waals surface area (Å²) in [4.78, 5) is 28.3. The monoisotopic (exact) mass is 269 g/mol. The molecular weight excluding hydrogens is 254 g/mol. The predicted molar refractivity (Wildman–Crippen MR) is 69.1 cm³/mol. The molecule has 0 aromatic carbocycles. The molecule has 1 rings (SSSR count). The maximum absolute atomic E-state index is 11.7. The lowest BCUT2D eigenvalue weighted by Crippen LogP contribution is -2.32. The zero-order chi connectivity index (χ0) is 13.4. The molecule has 0 bridgehead atoms. The Balaban J connectivity index is 2.31. The zero-order valence-corrected chi connectivity index (χ0v) is 11.0. The third-order valence-electron chi connectivity index (χ3n) is 2.33. The Bertz CT molecular complexity index is 398. The van der Waals surface area contributed by atoms with Gasteiger partial charge in [-0.3, -0.25) is 14.6 Å². The number of rotatable bonds is 6. The first-order valence-corrected chi connectivity index (χ1v) is 6.13. The van der Waals surface area contributed by atoms with Crippen molar-refractivity contribution in [1.82, 2.24) is 15.2 Å². The first kappa shape index (κ1) is 14.4. The van der Waals surface area contributed by atoms with Crippen molar-refractivity contribution in [3.8, 4) is 0 Å². The van der Waals surface area contributed by atoms with Gasteiger partial charge in [0.15, 0.2) is 0 Å². The molecule has 0 aliphatic carbocycles. The Morgan fingerprint density at radius 3 is 2.83 bits per heavy atom. The first-order chi connectivity index (χ1) is 8.63. The molecule has 0 aliphatic rings. The fourth-order valence-electron chi connectivity index (χ4n) is 1.37. The van der Waals surface area contributed by atoms with E-state index in [1.807, 2.05) is 18.2 Å². The van der Waals surface area contributed by atoms with Crippen LogP contribution < -0.4 is 5.32 Å². The van der Waals surface area contributed by atoms with Gasteiger partial charge in [0, 0.05) is 26.2 Å². The first-order valence-electron chi connectivity index (χ1n) is 5.60. The number of hydrogen-bond acceptors (Lipinski definition) is 3. The van der Waals surface area contributed by atoms with E-state index in [0.717, 1.165) is 5.69 Å². The number of halogens is 1. The maximum Gasteiger partial charge on any atom is 0.234 e. The number of aromatic nitrogens is 1. The van der Waals surface area contributed by atoms with Crippen LogP contribution in [-0.4, -0.2) is 41.2 Å².